The maximum Gasteiger partial charge on any atom is 0.213 e. The smallest absolute Gasteiger partial charge is 0.213 e. The van der Waals surface area contributed by atoms with E-state index in [-0.39, 0.29) is 0 Å². The molecule has 0 unspecified atom stereocenters. The predicted molar refractivity (Wildman–Crippen MR) is 70.2 cm³/mol. The van der Waals surface area contributed by atoms with Crippen LogP contribution in [0.5, 0.6) is 0 Å². The average molecular weight is 239 g/mol. The largest absolute Gasteiger partial charge is 0.251 e. The van der Waals surface area contributed by atoms with Crippen LogP contribution in [0, 0.1) is 4.77 Å². The number of aromatic amines is 1. The molecule has 3 rings (SSSR count). The van der Waals surface area contributed by atoms with Crippen LogP contribution in [0.25, 0.3) is 22.0 Å². The molecule has 0 aliphatic carbocycles. The number of hydrogen-bond donors (Lipinski definition) is 1. The Balaban J connectivity index is 2.17. The number of nitrogens with zero attached hydrogens (tertiary/aromatic N) is 2. The second-order valence-corrected chi connectivity index (χ2v) is 4.12. The Labute approximate surface area is 103 Å². The Morgan fingerprint density at radius 2 is 1.82 bits per heavy atom. The minimum absolute atomic E-state index is 0.398. The lowest BCUT2D eigenvalue weighted by Gasteiger charge is -2.02. The van der Waals surface area contributed by atoms with Gasteiger partial charge >= 0.3 is 0 Å². The van der Waals surface area contributed by atoms with Gasteiger partial charge in [-0.25, -0.2) is 4.98 Å². The van der Waals surface area contributed by atoms with Crippen LogP contribution in [0.3, 0.4) is 0 Å². The molecule has 0 saturated heterocycles. The van der Waals surface area contributed by atoms with Crippen LogP contribution in [0.2, 0.25) is 0 Å². The van der Waals surface area contributed by atoms with Crippen molar-refractivity contribution in [3.05, 3.63) is 53.4 Å². The van der Waals surface area contributed by atoms with Gasteiger partial charge in [0.15, 0.2) is 0 Å². The van der Waals surface area contributed by atoms with Gasteiger partial charge in [0.05, 0.1) is 6.20 Å². The third kappa shape index (κ3) is 1.94. The molecular weight excluding hydrogens is 230 g/mol. The average Bonchev–Trinajstić information content (AvgIpc) is 2.39. The van der Waals surface area contributed by atoms with E-state index in [0.717, 1.165) is 11.3 Å². The van der Waals surface area contributed by atoms with Crippen LogP contribution in [0.4, 0.5) is 0 Å². The molecule has 4 heteroatoms. The van der Waals surface area contributed by atoms with Gasteiger partial charge in [-0.2, -0.15) is 5.10 Å². The molecule has 1 aromatic heterocycles. The highest BCUT2D eigenvalue weighted by Gasteiger charge is 2.00. The minimum atomic E-state index is 0.398. The van der Waals surface area contributed by atoms with Gasteiger partial charge < -0.3 is 0 Å². The van der Waals surface area contributed by atoms with E-state index in [1.54, 1.807) is 6.20 Å². The summed E-state index contributed by atoms with van der Waals surface area (Å²) in [6, 6.07) is 14.4. The monoisotopic (exact) mass is 239 g/mol. The van der Waals surface area contributed by atoms with Crippen LogP contribution < -0.4 is 0 Å². The van der Waals surface area contributed by atoms with Crippen LogP contribution >= 0.6 is 12.2 Å². The van der Waals surface area contributed by atoms with E-state index >= 15 is 0 Å². The number of hydrogen-bond acceptors (Lipinski definition) is 3. The zero-order valence-corrected chi connectivity index (χ0v) is 9.74. The summed E-state index contributed by atoms with van der Waals surface area (Å²) in [5.74, 6) is 0. The molecule has 0 aliphatic heterocycles. The molecule has 0 saturated carbocycles. The highest BCUT2D eigenvalue weighted by atomic mass is 32.1. The van der Waals surface area contributed by atoms with Crippen LogP contribution in [0.15, 0.2) is 48.7 Å². The summed E-state index contributed by atoms with van der Waals surface area (Å²) in [5, 5.41) is 9.27. The van der Waals surface area contributed by atoms with E-state index in [2.05, 4.69) is 39.4 Å². The van der Waals surface area contributed by atoms with Crippen molar-refractivity contribution >= 4 is 23.0 Å². The second-order valence-electron chi connectivity index (χ2n) is 3.73. The van der Waals surface area contributed by atoms with Gasteiger partial charge in [-0.3, -0.25) is 5.10 Å². The van der Waals surface area contributed by atoms with Gasteiger partial charge in [0.2, 0.25) is 4.77 Å². The van der Waals surface area contributed by atoms with E-state index < -0.39 is 0 Å². The molecule has 0 amide bonds. The Hall–Kier alpha value is -2.07. The third-order valence-corrected chi connectivity index (χ3v) is 2.82. The quantitative estimate of drug-likeness (QED) is 0.662. The lowest BCUT2D eigenvalue weighted by atomic mass is 10.1. The molecule has 2 aromatic carbocycles. The van der Waals surface area contributed by atoms with Crippen LogP contribution in [-0.4, -0.2) is 15.2 Å². The summed E-state index contributed by atoms with van der Waals surface area (Å²) < 4.78 is 0.398. The van der Waals surface area contributed by atoms with Crippen LogP contribution in [-0.2, 0) is 0 Å². The first-order chi connectivity index (χ1) is 8.33. The lowest BCUT2D eigenvalue weighted by Crippen LogP contribution is -1.90. The van der Waals surface area contributed by atoms with Crippen molar-refractivity contribution in [2.24, 2.45) is 0 Å². The molecule has 1 heterocycles. The summed E-state index contributed by atoms with van der Waals surface area (Å²) in [5.41, 5.74) is 1.83. The Bertz CT molecular complexity index is 713. The molecule has 0 fully saturated rings. The summed E-state index contributed by atoms with van der Waals surface area (Å²) >= 11 is 4.87. The second kappa shape index (κ2) is 4.07. The number of fused-ring (bicyclic) bond motifs is 1. The number of rotatable bonds is 1. The molecule has 0 spiro atoms. The summed E-state index contributed by atoms with van der Waals surface area (Å²) in [4.78, 5) is 4.03. The highest BCUT2D eigenvalue weighted by molar-refractivity contribution is 7.71. The first-order valence-corrected chi connectivity index (χ1v) is 5.65. The summed E-state index contributed by atoms with van der Waals surface area (Å²) in [6.45, 7) is 0. The fourth-order valence-corrected chi connectivity index (χ4v) is 1.87. The number of benzene rings is 2. The molecule has 82 valence electrons. The molecule has 0 aliphatic rings. The van der Waals surface area contributed by atoms with Crippen molar-refractivity contribution in [2.45, 2.75) is 0 Å². The van der Waals surface area contributed by atoms with Gasteiger partial charge in [-0.1, -0.05) is 36.4 Å². The Kier molecular flexibility index (Phi) is 2.42. The minimum Gasteiger partial charge on any atom is -0.251 e. The molecule has 3 nitrogen and oxygen atoms in total. The maximum atomic E-state index is 4.87. The first kappa shape index (κ1) is 10.1. The number of H-pyrrole nitrogens is 1. The molecular formula is C13H9N3S. The zero-order valence-electron chi connectivity index (χ0n) is 8.92. The molecule has 3 aromatic rings. The number of aromatic nitrogens is 3. The van der Waals surface area contributed by atoms with Crippen molar-refractivity contribution in [2.75, 3.05) is 0 Å². The fraction of sp³-hybridized carbons (Fsp3) is 0. The van der Waals surface area contributed by atoms with Crippen molar-refractivity contribution in [1.82, 2.24) is 15.2 Å². The molecule has 1 N–H and O–H groups in total. The highest BCUT2D eigenvalue weighted by Crippen LogP contribution is 2.21. The Morgan fingerprint density at radius 3 is 2.59 bits per heavy atom. The SMILES string of the molecule is S=c1ncc(-c2ccc3ccccc3c2)n[nH]1. The molecule has 0 atom stereocenters. The van der Waals surface area contributed by atoms with Gasteiger partial charge in [0, 0.05) is 5.56 Å². The Morgan fingerprint density at radius 1 is 1.00 bits per heavy atom. The summed E-state index contributed by atoms with van der Waals surface area (Å²) in [7, 11) is 0. The first-order valence-electron chi connectivity index (χ1n) is 5.24. The van der Waals surface area contributed by atoms with Gasteiger partial charge in [-0.15, -0.1) is 0 Å². The van der Waals surface area contributed by atoms with Gasteiger partial charge in [0.1, 0.15) is 5.69 Å². The van der Waals surface area contributed by atoms with Crippen molar-refractivity contribution in [3.63, 3.8) is 0 Å². The molecule has 17 heavy (non-hydrogen) atoms. The summed E-state index contributed by atoms with van der Waals surface area (Å²) in [6.07, 6.45) is 1.68. The van der Waals surface area contributed by atoms with E-state index in [9.17, 15) is 0 Å². The maximum absolute atomic E-state index is 4.87. The van der Waals surface area contributed by atoms with Crippen molar-refractivity contribution in [3.8, 4) is 11.3 Å². The normalized spacial score (nSPS) is 10.6. The number of nitrogens with one attached hydrogen (secondary N) is 1. The van der Waals surface area contributed by atoms with E-state index in [1.165, 1.54) is 10.8 Å². The van der Waals surface area contributed by atoms with E-state index in [4.69, 9.17) is 12.2 Å². The van der Waals surface area contributed by atoms with Crippen LogP contribution in [0.1, 0.15) is 0 Å². The molecule has 0 bridgehead atoms. The van der Waals surface area contributed by atoms with E-state index in [1.807, 2.05) is 18.2 Å². The fourth-order valence-electron chi connectivity index (χ4n) is 1.77. The standard InChI is InChI=1S/C13H9N3S/c17-13-14-8-12(15-16-13)11-6-5-9-3-1-2-4-10(9)7-11/h1-8H,(H,14,16,17). The van der Waals surface area contributed by atoms with Gasteiger partial charge in [0.25, 0.3) is 0 Å². The topological polar surface area (TPSA) is 41.6 Å². The van der Waals surface area contributed by atoms with Crippen molar-refractivity contribution in [1.29, 1.82) is 0 Å². The van der Waals surface area contributed by atoms with Gasteiger partial charge in [-0.05, 0) is 29.1 Å². The lowest BCUT2D eigenvalue weighted by molar-refractivity contribution is 0.956. The zero-order chi connectivity index (χ0) is 11.7. The third-order valence-electron chi connectivity index (χ3n) is 2.62. The van der Waals surface area contributed by atoms with E-state index in [0.29, 0.717) is 4.77 Å². The predicted octanol–water partition coefficient (Wildman–Crippen LogP) is 3.35. The van der Waals surface area contributed by atoms with Crippen molar-refractivity contribution < 1.29 is 0 Å². The molecule has 0 radical (unpaired) electrons.